The van der Waals surface area contributed by atoms with Crippen LogP contribution >= 0.6 is 24.4 Å². The van der Waals surface area contributed by atoms with Crippen molar-refractivity contribution in [2.24, 2.45) is 5.73 Å². The van der Waals surface area contributed by atoms with E-state index >= 15 is 0 Å². The number of fused-ring (bicyclic) bond motifs is 3. The highest BCUT2D eigenvalue weighted by molar-refractivity contribution is 7.81. The lowest BCUT2D eigenvalue weighted by Crippen LogP contribution is -2.44. The van der Waals surface area contributed by atoms with Gasteiger partial charge in [0, 0.05) is 6.54 Å². The zero-order chi connectivity index (χ0) is 13.6. The van der Waals surface area contributed by atoms with E-state index in [9.17, 15) is 0 Å². The molecule has 0 radical (unpaired) electrons. The van der Waals surface area contributed by atoms with Crippen LogP contribution in [0.5, 0.6) is 5.75 Å². The second kappa shape index (κ2) is 4.61. The van der Waals surface area contributed by atoms with Crippen molar-refractivity contribution in [1.82, 2.24) is 4.90 Å². The Hall–Kier alpha value is -1.40. The first-order valence-electron chi connectivity index (χ1n) is 6.20. The summed E-state index contributed by atoms with van der Waals surface area (Å²) in [6.45, 7) is 3.42. The molecule has 2 aliphatic rings. The normalized spacial score (nSPS) is 22.6. The van der Waals surface area contributed by atoms with Crippen LogP contribution in [0.15, 0.2) is 24.3 Å². The third-order valence-corrected chi connectivity index (χ3v) is 4.43. The minimum absolute atomic E-state index is 0.0275. The van der Waals surface area contributed by atoms with E-state index in [1.54, 1.807) is 0 Å². The summed E-state index contributed by atoms with van der Waals surface area (Å²) in [5.41, 5.74) is 6.77. The minimum Gasteiger partial charge on any atom is -0.489 e. The van der Waals surface area contributed by atoms with Gasteiger partial charge in [0.25, 0.3) is 0 Å². The molecule has 2 atom stereocenters. The maximum absolute atomic E-state index is 5.78. The Bertz CT molecular complexity index is 548. The standard InChI is InChI=1S/C13H15N3OS2/c1-8(12(14)18)15-6-9-7-17-11-5-3-2-4-10(11)16(9)13(15)19/h2-5,8-9H,6-7H2,1H3,(H2,14,18). The molecule has 0 saturated carbocycles. The second-order valence-corrected chi connectivity index (χ2v) is 5.65. The van der Waals surface area contributed by atoms with Crippen LogP contribution in [0.1, 0.15) is 6.92 Å². The quantitative estimate of drug-likeness (QED) is 0.834. The van der Waals surface area contributed by atoms with Crippen molar-refractivity contribution in [3.63, 3.8) is 0 Å². The van der Waals surface area contributed by atoms with Crippen molar-refractivity contribution in [3.8, 4) is 5.75 Å². The number of thiocarbonyl (C=S) groups is 2. The largest absolute Gasteiger partial charge is 0.489 e. The molecule has 2 aliphatic heterocycles. The predicted octanol–water partition coefficient (Wildman–Crippen LogP) is 1.53. The fraction of sp³-hybridized carbons (Fsp3) is 0.385. The molecule has 1 saturated heterocycles. The summed E-state index contributed by atoms with van der Waals surface area (Å²) in [6.07, 6.45) is 0. The Labute approximate surface area is 123 Å². The molecule has 2 N–H and O–H groups in total. The van der Waals surface area contributed by atoms with Gasteiger partial charge >= 0.3 is 0 Å². The van der Waals surface area contributed by atoms with E-state index in [2.05, 4.69) is 9.80 Å². The van der Waals surface area contributed by atoms with E-state index in [-0.39, 0.29) is 12.1 Å². The first kappa shape index (κ1) is 12.6. The molecule has 0 aromatic heterocycles. The third-order valence-electron chi connectivity index (χ3n) is 3.66. The van der Waals surface area contributed by atoms with Gasteiger partial charge in [-0.05, 0) is 31.3 Å². The summed E-state index contributed by atoms with van der Waals surface area (Å²) in [5.74, 6) is 0.880. The van der Waals surface area contributed by atoms with Crippen molar-refractivity contribution in [3.05, 3.63) is 24.3 Å². The van der Waals surface area contributed by atoms with Crippen LogP contribution < -0.4 is 15.4 Å². The van der Waals surface area contributed by atoms with E-state index in [1.807, 2.05) is 31.2 Å². The molecule has 4 nitrogen and oxygen atoms in total. The number of nitrogens with two attached hydrogens (primary N) is 1. The van der Waals surface area contributed by atoms with Gasteiger partial charge in [-0.3, -0.25) is 0 Å². The number of hydrogen-bond acceptors (Lipinski definition) is 3. The Morgan fingerprint density at radius 1 is 1.47 bits per heavy atom. The van der Waals surface area contributed by atoms with E-state index in [0.717, 1.165) is 23.1 Å². The Kier molecular flexibility index (Phi) is 3.06. The molecule has 1 fully saturated rings. The van der Waals surface area contributed by atoms with Crippen LogP contribution in [0, 0.1) is 0 Å². The Morgan fingerprint density at radius 2 is 2.21 bits per heavy atom. The number of benzene rings is 1. The number of anilines is 1. The summed E-state index contributed by atoms with van der Waals surface area (Å²) >= 11 is 10.7. The van der Waals surface area contributed by atoms with Crippen LogP contribution in [-0.4, -0.2) is 40.2 Å². The summed E-state index contributed by atoms with van der Waals surface area (Å²) < 4.78 is 5.78. The maximum Gasteiger partial charge on any atom is 0.177 e. The first-order valence-corrected chi connectivity index (χ1v) is 7.02. The van der Waals surface area contributed by atoms with Gasteiger partial charge in [-0.15, -0.1) is 0 Å². The molecule has 3 rings (SSSR count). The summed E-state index contributed by atoms with van der Waals surface area (Å²) in [7, 11) is 0. The lowest BCUT2D eigenvalue weighted by atomic mass is 10.2. The van der Waals surface area contributed by atoms with Crippen molar-refractivity contribution < 1.29 is 4.74 Å². The van der Waals surface area contributed by atoms with E-state index in [0.29, 0.717) is 11.6 Å². The molecule has 1 aromatic rings. The molecule has 0 bridgehead atoms. The zero-order valence-electron chi connectivity index (χ0n) is 10.6. The van der Waals surface area contributed by atoms with Gasteiger partial charge in [-0.25, -0.2) is 0 Å². The molecule has 2 unspecified atom stereocenters. The van der Waals surface area contributed by atoms with Gasteiger partial charge in [0.05, 0.1) is 22.8 Å². The number of ether oxygens (including phenoxy) is 1. The third kappa shape index (κ3) is 1.95. The van der Waals surface area contributed by atoms with Gasteiger partial charge in [0.2, 0.25) is 0 Å². The second-order valence-electron chi connectivity index (χ2n) is 4.82. The van der Waals surface area contributed by atoms with Crippen LogP contribution in [0.4, 0.5) is 5.69 Å². The first-order chi connectivity index (χ1) is 9.09. The fourth-order valence-corrected chi connectivity index (χ4v) is 3.16. The topological polar surface area (TPSA) is 41.7 Å². The summed E-state index contributed by atoms with van der Waals surface area (Å²) in [5, 5.41) is 0.779. The highest BCUT2D eigenvalue weighted by Gasteiger charge is 2.41. The number of nitrogens with zero attached hydrogens (tertiary/aromatic N) is 2. The minimum atomic E-state index is -0.0275. The molecule has 2 heterocycles. The molecule has 0 spiro atoms. The average molecular weight is 293 g/mol. The van der Waals surface area contributed by atoms with Crippen molar-refractivity contribution in [2.75, 3.05) is 18.1 Å². The van der Waals surface area contributed by atoms with Gasteiger partial charge in [-0.1, -0.05) is 24.4 Å². The smallest absolute Gasteiger partial charge is 0.177 e. The SMILES string of the molecule is CC(C(N)=S)N1CC2COc3ccccc3N2C1=S. The van der Waals surface area contributed by atoms with E-state index < -0.39 is 0 Å². The van der Waals surface area contributed by atoms with Crippen molar-refractivity contribution in [1.29, 1.82) is 0 Å². The van der Waals surface area contributed by atoms with Crippen molar-refractivity contribution >= 4 is 40.2 Å². The fourth-order valence-electron chi connectivity index (χ4n) is 2.55. The van der Waals surface area contributed by atoms with E-state index in [1.165, 1.54) is 0 Å². The Morgan fingerprint density at radius 3 is 2.95 bits per heavy atom. The van der Waals surface area contributed by atoms with Crippen LogP contribution in [0.2, 0.25) is 0 Å². The molecular formula is C13H15N3OS2. The lowest BCUT2D eigenvalue weighted by Gasteiger charge is -2.32. The number of para-hydroxylation sites is 2. The molecule has 0 aliphatic carbocycles. The Balaban J connectivity index is 1.95. The number of rotatable bonds is 2. The highest BCUT2D eigenvalue weighted by atomic mass is 32.1. The van der Waals surface area contributed by atoms with Crippen molar-refractivity contribution in [2.45, 2.75) is 19.0 Å². The van der Waals surface area contributed by atoms with E-state index in [4.69, 9.17) is 34.9 Å². The zero-order valence-corrected chi connectivity index (χ0v) is 12.2. The van der Waals surface area contributed by atoms with Crippen LogP contribution in [0.3, 0.4) is 0 Å². The molecule has 19 heavy (non-hydrogen) atoms. The maximum atomic E-state index is 5.78. The predicted molar refractivity (Wildman–Crippen MR) is 83.8 cm³/mol. The molecule has 6 heteroatoms. The number of hydrogen-bond donors (Lipinski definition) is 1. The van der Waals surface area contributed by atoms with Gasteiger partial charge < -0.3 is 20.3 Å². The summed E-state index contributed by atoms with van der Waals surface area (Å²) in [6, 6.07) is 8.16. The van der Waals surface area contributed by atoms with Gasteiger partial charge in [-0.2, -0.15) is 0 Å². The monoisotopic (exact) mass is 293 g/mol. The lowest BCUT2D eigenvalue weighted by molar-refractivity contribution is 0.265. The van der Waals surface area contributed by atoms with Crippen LogP contribution in [-0.2, 0) is 0 Å². The van der Waals surface area contributed by atoms with Gasteiger partial charge in [0.1, 0.15) is 12.4 Å². The molecule has 1 aromatic carbocycles. The molecule has 100 valence electrons. The molecule has 0 amide bonds. The molecular weight excluding hydrogens is 278 g/mol. The van der Waals surface area contributed by atoms with Gasteiger partial charge in [0.15, 0.2) is 5.11 Å². The summed E-state index contributed by atoms with van der Waals surface area (Å²) in [4.78, 5) is 4.70. The highest BCUT2D eigenvalue weighted by Crippen LogP contribution is 2.37. The average Bonchev–Trinajstić information content (AvgIpc) is 2.75. The van der Waals surface area contributed by atoms with Crippen LogP contribution in [0.25, 0.3) is 0 Å².